The molecule has 1 heterocycles. The number of thioether (sulfide) groups is 1. The van der Waals surface area contributed by atoms with Gasteiger partial charge in [-0.15, -0.1) is 0 Å². The number of hydrogen-bond donors (Lipinski definition) is 2. The minimum absolute atomic E-state index is 0.0405. The molecular formula is C22H26N4OS. The van der Waals surface area contributed by atoms with Crippen LogP contribution in [0.1, 0.15) is 23.9 Å². The van der Waals surface area contributed by atoms with E-state index in [0.717, 1.165) is 34.3 Å². The van der Waals surface area contributed by atoms with Gasteiger partial charge in [-0.1, -0.05) is 42.1 Å². The number of H-pyrrole nitrogens is 1. The van der Waals surface area contributed by atoms with Crippen LogP contribution in [0, 0.1) is 6.92 Å². The Morgan fingerprint density at radius 1 is 1.14 bits per heavy atom. The topological polar surface area (TPSA) is 61.0 Å². The molecule has 146 valence electrons. The van der Waals surface area contributed by atoms with E-state index in [1.807, 2.05) is 75.3 Å². The molecule has 0 radical (unpaired) electrons. The molecule has 1 atom stereocenters. The molecule has 6 heteroatoms. The molecule has 3 aromatic rings. The van der Waals surface area contributed by atoms with Gasteiger partial charge < -0.3 is 15.2 Å². The Balaban J connectivity index is 1.60. The van der Waals surface area contributed by atoms with Crippen molar-refractivity contribution in [3.05, 3.63) is 71.5 Å². The molecule has 2 N–H and O–H groups in total. The predicted molar refractivity (Wildman–Crippen MR) is 117 cm³/mol. The molecule has 0 bridgehead atoms. The first-order chi connectivity index (χ1) is 13.4. The maximum absolute atomic E-state index is 12.5. The second-order valence-electron chi connectivity index (χ2n) is 6.97. The number of carbonyl (C=O) groups is 1. The summed E-state index contributed by atoms with van der Waals surface area (Å²) >= 11 is 1.44. The summed E-state index contributed by atoms with van der Waals surface area (Å²) in [5, 5.41) is 3.48. The molecule has 0 fully saturated rings. The van der Waals surface area contributed by atoms with Gasteiger partial charge in [0, 0.05) is 37.6 Å². The van der Waals surface area contributed by atoms with Crippen LogP contribution in [0.25, 0.3) is 0 Å². The highest BCUT2D eigenvalue weighted by atomic mass is 32.2. The maximum atomic E-state index is 12.5. The first-order valence-electron chi connectivity index (χ1n) is 9.26. The molecule has 0 unspecified atom stereocenters. The number of amides is 1. The van der Waals surface area contributed by atoms with E-state index in [9.17, 15) is 4.79 Å². The van der Waals surface area contributed by atoms with Crippen molar-refractivity contribution in [2.45, 2.75) is 30.7 Å². The summed E-state index contributed by atoms with van der Waals surface area (Å²) in [5.41, 5.74) is 5.17. The van der Waals surface area contributed by atoms with Crippen molar-refractivity contribution < 1.29 is 4.79 Å². The van der Waals surface area contributed by atoms with Gasteiger partial charge in [0.1, 0.15) is 0 Å². The highest BCUT2D eigenvalue weighted by Crippen LogP contribution is 2.24. The fourth-order valence-corrected chi connectivity index (χ4v) is 3.67. The fraction of sp³-hybridized carbons (Fsp3) is 0.273. The molecule has 0 saturated heterocycles. The molecule has 1 amide bonds. The van der Waals surface area contributed by atoms with Crippen LogP contribution in [0.15, 0.2) is 59.8 Å². The van der Waals surface area contributed by atoms with Crippen LogP contribution in [0.5, 0.6) is 0 Å². The second kappa shape index (κ2) is 8.97. The Bertz CT molecular complexity index is 919. The van der Waals surface area contributed by atoms with Crippen LogP contribution in [-0.4, -0.2) is 35.2 Å². The molecule has 2 aromatic carbocycles. The number of imidazole rings is 1. The molecule has 1 aromatic heterocycles. The van der Waals surface area contributed by atoms with Gasteiger partial charge in [0.25, 0.3) is 0 Å². The second-order valence-corrected chi connectivity index (χ2v) is 8.30. The summed E-state index contributed by atoms with van der Waals surface area (Å²) in [6, 6.07) is 18.1. The zero-order valence-corrected chi connectivity index (χ0v) is 17.5. The monoisotopic (exact) mass is 394 g/mol. The molecule has 0 saturated carbocycles. The first kappa shape index (κ1) is 20.0. The summed E-state index contributed by atoms with van der Waals surface area (Å²) in [7, 11) is 3.98. The van der Waals surface area contributed by atoms with E-state index in [4.69, 9.17) is 0 Å². The van der Waals surface area contributed by atoms with E-state index >= 15 is 0 Å². The van der Waals surface area contributed by atoms with Gasteiger partial charge in [0.2, 0.25) is 5.91 Å². The van der Waals surface area contributed by atoms with Crippen molar-refractivity contribution in [3.8, 4) is 0 Å². The molecule has 0 aliphatic carbocycles. The average Bonchev–Trinajstić information content (AvgIpc) is 3.01. The average molecular weight is 395 g/mol. The molecular weight excluding hydrogens is 368 g/mol. The molecule has 3 rings (SSSR count). The fourth-order valence-electron chi connectivity index (χ4n) is 2.79. The van der Waals surface area contributed by atoms with E-state index in [-0.39, 0.29) is 11.2 Å². The third-order valence-electron chi connectivity index (χ3n) is 4.49. The first-order valence-corrected chi connectivity index (χ1v) is 10.1. The lowest BCUT2D eigenvalue weighted by Crippen LogP contribution is -2.22. The molecule has 0 aliphatic rings. The number of carbonyl (C=O) groups excluding carboxylic acids is 1. The van der Waals surface area contributed by atoms with Gasteiger partial charge in [-0.3, -0.25) is 4.79 Å². The summed E-state index contributed by atoms with van der Waals surface area (Å²) in [6.45, 7) is 3.91. The Kier molecular flexibility index (Phi) is 6.41. The highest BCUT2D eigenvalue weighted by molar-refractivity contribution is 8.00. The summed E-state index contributed by atoms with van der Waals surface area (Å²) < 4.78 is 0. The number of hydrogen-bond acceptors (Lipinski definition) is 4. The lowest BCUT2D eigenvalue weighted by atomic mass is 10.1. The van der Waals surface area contributed by atoms with Gasteiger partial charge in [0.15, 0.2) is 5.16 Å². The number of benzene rings is 2. The Labute approximate surface area is 170 Å². The SMILES string of the molecule is Cc1[nH]c(S[C@@H](C)C(=O)Nc2ccc(N(C)C)cc2)nc1Cc1ccccc1. The van der Waals surface area contributed by atoms with Crippen molar-refractivity contribution in [2.24, 2.45) is 0 Å². The van der Waals surface area contributed by atoms with Crippen molar-refractivity contribution in [2.75, 3.05) is 24.3 Å². The molecule has 0 spiro atoms. The number of nitrogens with zero attached hydrogens (tertiary/aromatic N) is 2. The number of aromatic nitrogens is 2. The van der Waals surface area contributed by atoms with Gasteiger partial charge >= 0.3 is 0 Å². The van der Waals surface area contributed by atoms with E-state index in [2.05, 4.69) is 27.4 Å². The van der Waals surface area contributed by atoms with E-state index in [1.54, 1.807) is 0 Å². The standard InChI is InChI=1S/C22H26N4OS/c1-15-20(14-17-8-6-5-7-9-17)25-22(23-15)28-16(2)21(27)24-18-10-12-19(13-11-18)26(3)4/h5-13,16H,14H2,1-4H3,(H,23,25)(H,24,27)/t16-/m0/s1. The van der Waals surface area contributed by atoms with Crippen LogP contribution in [-0.2, 0) is 11.2 Å². The van der Waals surface area contributed by atoms with Gasteiger partial charge in [0.05, 0.1) is 10.9 Å². The Hall–Kier alpha value is -2.73. The van der Waals surface area contributed by atoms with Crippen molar-refractivity contribution in [3.63, 3.8) is 0 Å². The normalized spacial score (nSPS) is 11.9. The third kappa shape index (κ3) is 5.16. The van der Waals surface area contributed by atoms with Gasteiger partial charge in [-0.25, -0.2) is 4.98 Å². The zero-order valence-electron chi connectivity index (χ0n) is 16.7. The quantitative estimate of drug-likeness (QED) is 0.580. The molecule has 0 aliphatic heterocycles. The maximum Gasteiger partial charge on any atom is 0.237 e. The predicted octanol–water partition coefficient (Wildman–Crippen LogP) is 4.49. The number of nitrogens with one attached hydrogen (secondary N) is 2. The van der Waals surface area contributed by atoms with Gasteiger partial charge in [-0.2, -0.15) is 0 Å². The zero-order chi connectivity index (χ0) is 20.1. The van der Waals surface area contributed by atoms with Crippen LogP contribution in [0.2, 0.25) is 0 Å². The number of aromatic amines is 1. The summed E-state index contributed by atoms with van der Waals surface area (Å²) in [5.74, 6) is -0.0405. The van der Waals surface area contributed by atoms with Crippen LogP contribution in [0.4, 0.5) is 11.4 Å². The Morgan fingerprint density at radius 3 is 2.46 bits per heavy atom. The lowest BCUT2D eigenvalue weighted by Gasteiger charge is -2.14. The minimum Gasteiger partial charge on any atom is -0.378 e. The largest absolute Gasteiger partial charge is 0.378 e. The highest BCUT2D eigenvalue weighted by Gasteiger charge is 2.18. The minimum atomic E-state index is -0.261. The Morgan fingerprint density at radius 2 is 1.82 bits per heavy atom. The number of anilines is 2. The van der Waals surface area contributed by atoms with Crippen molar-refractivity contribution in [1.82, 2.24) is 9.97 Å². The van der Waals surface area contributed by atoms with Crippen LogP contribution < -0.4 is 10.2 Å². The number of aryl methyl sites for hydroxylation is 1. The van der Waals surface area contributed by atoms with Crippen molar-refractivity contribution in [1.29, 1.82) is 0 Å². The summed E-state index contributed by atoms with van der Waals surface area (Å²) in [4.78, 5) is 22.5. The lowest BCUT2D eigenvalue weighted by molar-refractivity contribution is -0.115. The molecule has 28 heavy (non-hydrogen) atoms. The third-order valence-corrected chi connectivity index (χ3v) is 5.47. The van der Waals surface area contributed by atoms with Crippen LogP contribution in [0.3, 0.4) is 0 Å². The van der Waals surface area contributed by atoms with E-state index in [1.165, 1.54) is 17.3 Å². The van der Waals surface area contributed by atoms with Crippen LogP contribution >= 0.6 is 11.8 Å². The van der Waals surface area contributed by atoms with Crippen molar-refractivity contribution >= 4 is 29.0 Å². The smallest absolute Gasteiger partial charge is 0.237 e. The number of rotatable bonds is 7. The molecule has 5 nitrogen and oxygen atoms in total. The van der Waals surface area contributed by atoms with Gasteiger partial charge in [-0.05, 0) is 43.7 Å². The van der Waals surface area contributed by atoms with E-state index < -0.39 is 0 Å². The van der Waals surface area contributed by atoms with E-state index in [0.29, 0.717) is 0 Å². The summed E-state index contributed by atoms with van der Waals surface area (Å²) in [6.07, 6.45) is 0.780.